The first kappa shape index (κ1) is 30.6. The Labute approximate surface area is 241 Å². The van der Waals surface area contributed by atoms with Crippen molar-refractivity contribution in [2.24, 2.45) is 0 Å². The Morgan fingerprint density at radius 3 is 1.35 bits per heavy atom. The van der Waals surface area contributed by atoms with Crippen LogP contribution in [-0.2, 0) is 19.1 Å². The third kappa shape index (κ3) is 14.1. The van der Waals surface area contributed by atoms with Gasteiger partial charge in [-0.1, -0.05) is 0 Å². The first-order chi connectivity index (χ1) is 18.2. The van der Waals surface area contributed by atoms with Gasteiger partial charge in [0.05, 0.1) is 37.9 Å². The highest BCUT2D eigenvalue weighted by molar-refractivity contribution is 8.04. The minimum atomic E-state index is 0.0242. The molecule has 0 fully saturated rings. The zero-order chi connectivity index (χ0) is 26.0. The van der Waals surface area contributed by atoms with Crippen LogP contribution in [0.2, 0.25) is 0 Å². The first-order valence-electron chi connectivity index (χ1n) is 12.1. The highest BCUT2D eigenvalue weighted by Gasteiger charge is 2.05. The van der Waals surface area contributed by atoms with Crippen molar-refractivity contribution in [3.8, 4) is 0 Å². The smallest absolute Gasteiger partial charge is 0.234 e. The molecule has 11 heteroatoms. The summed E-state index contributed by atoms with van der Waals surface area (Å²) >= 11 is 8.63. The lowest BCUT2D eigenvalue weighted by molar-refractivity contribution is -0.114. The number of carbonyl (C=O) groups excluding carboxylic acids is 2. The van der Waals surface area contributed by atoms with Crippen LogP contribution in [0.4, 0.5) is 11.4 Å². The van der Waals surface area contributed by atoms with Crippen LogP contribution < -0.4 is 10.6 Å². The highest BCUT2D eigenvalue weighted by Crippen LogP contribution is 2.22. The summed E-state index contributed by atoms with van der Waals surface area (Å²) in [7, 11) is 0. The third-order valence-corrected chi connectivity index (χ3v) is 10.2. The molecule has 0 aliphatic carbocycles. The summed E-state index contributed by atoms with van der Waals surface area (Å²) in [5.41, 5.74) is 1.65. The molecule has 2 N–H and O–H groups in total. The number of hydrogen-bond acceptors (Lipinski definition) is 9. The average molecular weight is 599 g/mol. The fourth-order valence-corrected chi connectivity index (χ4v) is 7.51. The van der Waals surface area contributed by atoms with Crippen LogP contribution in [0.1, 0.15) is 0 Å². The van der Waals surface area contributed by atoms with Gasteiger partial charge in [-0.05, 0) is 48.5 Å². The van der Waals surface area contributed by atoms with Crippen LogP contribution in [0, 0.1) is 0 Å². The fourth-order valence-electron chi connectivity index (χ4n) is 3.09. The molecule has 0 unspecified atom stereocenters. The summed E-state index contributed by atoms with van der Waals surface area (Å²) in [6.07, 6.45) is 0. The minimum absolute atomic E-state index is 0.0242. The van der Waals surface area contributed by atoms with Gasteiger partial charge in [-0.3, -0.25) is 9.59 Å². The quantitative estimate of drug-likeness (QED) is 0.398. The predicted molar refractivity (Wildman–Crippen MR) is 165 cm³/mol. The summed E-state index contributed by atoms with van der Waals surface area (Å²) < 4.78 is 11.3. The van der Waals surface area contributed by atoms with E-state index in [1.54, 1.807) is 47.0 Å². The van der Waals surface area contributed by atoms with Crippen LogP contribution in [0.25, 0.3) is 0 Å². The lowest BCUT2D eigenvalue weighted by atomic mass is 10.3. The van der Waals surface area contributed by atoms with Gasteiger partial charge in [0.1, 0.15) is 0 Å². The third-order valence-electron chi connectivity index (χ3n) is 4.85. The van der Waals surface area contributed by atoms with Crippen molar-refractivity contribution in [2.75, 3.05) is 83.1 Å². The first-order valence-corrected chi connectivity index (χ1v) is 17.6. The fraction of sp³-hybridized carbons (Fsp3) is 0.462. The molecule has 4 aliphatic heterocycles. The molecule has 0 radical (unpaired) electrons. The monoisotopic (exact) mass is 598 g/mol. The topological polar surface area (TPSA) is 76.7 Å². The maximum absolute atomic E-state index is 12.2. The Hall–Kier alpha value is -0.950. The molecule has 6 rings (SSSR count). The molecule has 4 aliphatic rings. The number of carbonyl (C=O) groups is 2. The molecule has 4 bridgehead atoms. The number of ether oxygens (including phenoxy) is 2. The Morgan fingerprint density at radius 1 is 0.514 bits per heavy atom. The Bertz CT molecular complexity index is 856. The summed E-state index contributed by atoms with van der Waals surface area (Å²) in [5, 5.41) is 5.93. The van der Waals surface area contributed by atoms with E-state index < -0.39 is 0 Å². The molecule has 0 saturated carbocycles. The summed E-state index contributed by atoms with van der Waals surface area (Å²) in [5.74, 6) is 6.54. The molecule has 0 saturated heterocycles. The molecule has 2 amide bonds. The number of anilines is 2. The molecule has 0 spiro atoms. The van der Waals surface area contributed by atoms with Gasteiger partial charge in [0.25, 0.3) is 0 Å². The van der Waals surface area contributed by atoms with Crippen molar-refractivity contribution < 1.29 is 19.1 Å². The molecule has 0 atom stereocenters. The number of rotatable bonds is 0. The molecular formula is C26H34N2O4S5. The maximum Gasteiger partial charge on any atom is 0.234 e. The van der Waals surface area contributed by atoms with E-state index in [2.05, 4.69) is 10.6 Å². The average Bonchev–Trinajstić information content (AvgIpc) is 2.90. The molecule has 37 heavy (non-hydrogen) atoms. The highest BCUT2D eigenvalue weighted by atomic mass is 32.2. The second-order valence-electron chi connectivity index (χ2n) is 7.78. The Kier molecular flexibility index (Phi) is 15.8. The van der Waals surface area contributed by atoms with E-state index in [0.29, 0.717) is 37.9 Å². The van der Waals surface area contributed by atoms with Crippen molar-refractivity contribution in [3.63, 3.8) is 0 Å². The van der Waals surface area contributed by atoms with E-state index in [-0.39, 0.29) is 11.8 Å². The summed E-state index contributed by atoms with van der Waals surface area (Å²) in [4.78, 5) is 26.7. The largest absolute Gasteiger partial charge is 0.378 e. The molecule has 202 valence electrons. The summed E-state index contributed by atoms with van der Waals surface area (Å²) in [6, 6.07) is 15.9. The van der Waals surface area contributed by atoms with E-state index in [1.807, 2.05) is 60.3 Å². The normalized spacial score (nSPS) is 18.9. The van der Waals surface area contributed by atoms with Crippen molar-refractivity contribution in [1.29, 1.82) is 0 Å². The second kappa shape index (κ2) is 19.2. The van der Waals surface area contributed by atoms with Gasteiger partial charge in [-0.25, -0.2) is 0 Å². The standard InChI is InChI=1S/C26H34N2O4S5/c29-25-19-34-17-15-33-16-18-35-20-26(30)28-22-3-7-24(8-4-22)37-14-12-32-10-9-31-11-13-36-23-5-1-21(27-25)2-6-23/h1-8H,9-20H2,(H,27,29)(H,28,30). The Morgan fingerprint density at radius 2 is 0.919 bits per heavy atom. The molecule has 0 aromatic heterocycles. The van der Waals surface area contributed by atoms with Gasteiger partial charge in [0.15, 0.2) is 0 Å². The van der Waals surface area contributed by atoms with E-state index in [1.165, 1.54) is 0 Å². The molecule has 4 heterocycles. The molecular weight excluding hydrogens is 565 g/mol. The van der Waals surface area contributed by atoms with Crippen molar-refractivity contribution in [3.05, 3.63) is 48.5 Å². The van der Waals surface area contributed by atoms with Gasteiger partial charge < -0.3 is 20.1 Å². The number of benzene rings is 2. The summed E-state index contributed by atoms with van der Waals surface area (Å²) in [6.45, 7) is 2.50. The molecule has 2 aromatic carbocycles. The lowest BCUT2D eigenvalue weighted by Crippen LogP contribution is -2.14. The van der Waals surface area contributed by atoms with E-state index >= 15 is 0 Å². The Balaban J connectivity index is 1.41. The second-order valence-corrected chi connectivity index (χ2v) is 13.6. The van der Waals surface area contributed by atoms with E-state index in [9.17, 15) is 9.59 Å². The van der Waals surface area contributed by atoms with Crippen molar-refractivity contribution in [1.82, 2.24) is 0 Å². The van der Waals surface area contributed by atoms with Crippen LogP contribution in [0.3, 0.4) is 0 Å². The number of hydrogen-bond donors (Lipinski definition) is 2. The van der Waals surface area contributed by atoms with Crippen LogP contribution >= 0.6 is 58.8 Å². The zero-order valence-corrected chi connectivity index (χ0v) is 24.9. The van der Waals surface area contributed by atoms with Gasteiger partial charge >= 0.3 is 0 Å². The van der Waals surface area contributed by atoms with Gasteiger partial charge in [0.2, 0.25) is 11.8 Å². The van der Waals surface area contributed by atoms with Gasteiger partial charge in [0, 0.05) is 55.7 Å². The van der Waals surface area contributed by atoms with Crippen LogP contribution in [0.5, 0.6) is 0 Å². The van der Waals surface area contributed by atoms with E-state index in [4.69, 9.17) is 9.47 Å². The van der Waals surface area contributed by atoms with Crippen molar-refractivity contribution in [2.45, 2.75) is 9.79 Å². The van der Waals surface area contributed by atoms with Crippen LogP contribution in [-0.4, -0.2) is 84.3 Å². The number of nitrogens with one attached hydrogen (secondary N) is 2. The minimum Gasteiger partial charge on any atom is -0.378 e. The number of amides is 2. The molecule has 2 aromatic rings. The van der Waals surface area contributed by atoms with Crippen LogP contribution in [0.15, 0.2) is 58.3 Å². The zero-order valence-electron chi connectivity index (χ0n) is 20.8. The van der Waals surface area contributed by atoms with Gasteiger partial charge in [-0.15, -0.1) is 23.5 Å². The van der Waals surface area contributed by atoms with Crippen molar-refractivity contribution >= 4 is 82.0 Å². The van der Waals surface area contributed by atoms with Gasteiger partial charge in [-0.2, -0.15) is 35.3 Å². The number of thioether (sulfide) groups is 5. The maximum atomic E-state index is 12.2. The van der Waals surface area contributed by atoms with E-state index in [0.717, 1.165) is 55.7 Å². The lowest BCUT2D eigenvalue weighted by Gasteiger charge is -2.08. The molecule has 6 nitrogen and oxygen atoms in total. The predicted octanol–water partition coefficient (Wildman–Crippen LogP) is 5.69. The SMILES string of the molecule is O=C1CSCCSCCSCC(=O)Nc2ccc(cc2)SCCOCCOCCSc2ccc(cc2)N1.